The van der Waals surface area contributed by atoms with Crippen molar-refractivity contribution < 1.29 is 9.84 Å². The second-order valence-electron chi connectivity index (χ2n) is 5.01. The summed E-state index contributed by atoms with van der Waals surface area (Å²) in [5.74, 6) is 0.821. The van der Waals surface area contributed by atoms with Gasteiger partial charge in [0.15, 0.2) is 0 Å². The van der Waals surface area contributed by atoms with Crippen molar-refractivity contribution in [2.24, 2.45) is 0 Å². The fourth-order valence-electron chi connectivity index (χ4n) is 2.50. The molecular formula is C17H15NO2. The van der Waals surface area contributed by atoms with Crippen molar-refractivity contribution in [1.82, 2.24) is 0 Å². The highest BCUT2D eigenvalue weighted by atomic mass is 16.5. The molecule has 100 valence electrons. The van der Waals surface area contributed by atoms with Crippen LogP contribution in [0.3, 0.4) is 0 Å². The number of rotatable bonds is 3. The maximum atomic E-state index is 9.76. The van der Waals surface area contributed by atoms with E-state index in [1.165, 1.54) is 5.56 Å². The molecule has 2 aromatic carbocycles. The van der Waals surface area contributed by atoms with E-state index in [0.717, 1.165) is 29.7 Å². The quantitative estimate of drug-likeness (QED) is 0.927. The SMILES string of the molecule is N#Cc1ccc(COc2ccc3c(c2)CC[C@@H]3O)cc1. The molecule has 0 bridgehead atoms. The van der Waals surface area contributed by atoms with Crippen molar-refractivity contribution >= 4 is 0 Å². The summed E-state index contributed by atoms with van der Waals surface area (Å²) in [4.78, 5) is 0. The first-order valence-electron chi connectivity index (χ1n) is 6.69. The largest absolute Gasteiger partial charge is 0.489 e. The first-order chi connectivity index (χ1) is 9.76. The third-order valence-electron chi connectivity index (χ3n) is 3.65. The van der Waals surface area contributed by atoms with Crippen LogP contribution in [0.25, 0.3) is 0 Å². The normalized spacial score (nSPS) is 16.5. The summed E-state index contributed by atoms with van der Waals surface area (Å²) in [6.07, 6.45) is 1.39. The molecule has 0 saturated heterocycles. The molecule has 0 spiro atoms. The van der Waals surface area contributed by atoms with Crippen LogP contribution >= 0.6 is 0 Å². The van der Waals surface area contributed by atoms with Gasteiger partial charge in [0.1, 0.15) is 12.4 Å². The number of aliphatic hydroxyl groups is 1. The van der Waals surface area contributed by atoms with E-state index < -0.39 is 0 Å². The Morgan fingerprint density at radius 1 is 1.20 bits per heavy atom. The minimum absolute atomic E-state index is 0.322. The van der Waals surface area contributed by atoms with E-state index in [9.17, 15) is 5.11 Å². The Kier molecular flexibility index (Phi) is 3.41. The van der Waals surface area contributed by atoms with Gasteiger partial charge in [0, 0.05) is 0 Å². The minimum Gasteiger partial charge on any atom is -0.489 e. The Morgan fingerprint density at radius 3 is 2.75 bits per heavy atom. The predicted octanol–water partition coefficient (Wildman–Crippen LogP) is 3.12. The van der Waals surface area contributed by atoms with Crippen LogP contribution < -0.4 is 4.74 Å². The standard InChI is InChI=1S/C17H15NO2/c18-10-12-1-3-13(4-2-12)11-20-15-6-7-16-14(9-15)5-8-17(16)19/h1-4,6-7,9,17,19H,5,8,11H2/t17-/m0/s1. The zero-order chi connectivity index (χ0) is 13.9. The van der Waals surface area contributed by atoms with Crippen LogP contribution in [0.2, 0.25) is 0 Å². The van der Waals surface area contributed by atoms with Crippen molar-refractivity contribution in [3.63, 3.8) is 0 Å². The topological polar surface area (TPSA) is 53.2 Å². The van der Waals surface area contributed by atoms with Gasteiger partial charge in [-0.3, -0.25) is 0 Å². The summed E-state index contributed by atoms with van der Waals surface area (Å²) in [7, 11) is 0. The molecule has 0 radical (unpaired) electrons. The van der Waals surface area contributed by atoms with Gasteiger partial charge < -0.3 is 9.84 Å². The molecule has 0 heterocycles. The molecule has 1 N–H and O–H groups in total. The van der Waals surface area contributed by atoms with Gasteiger partial charge in [0.25, 0.3) is 0 Å². The highest BCUT2D eigenvalue weighted by Gasteiger charge is 2.20. The Balaban J connectivity index is 1.68. The maximum Gasteiger partial charge on any atom is 0.120 e. The van der Waals surface area contributed by atoms with Crippen molar-refractivity contribution in [2.45, 2.75) is 25.6 Å². The van der Waals surface area contributed by atoms with E-state index in [-0.39, 0.29) is 6.10 Å². The summed E-state index contributed by atoms with van der Waals surface area (Å²) in [6.45, 7) is 0.479. The first-order valence-corrected chi connectivity index (χ1v) is 6.69. The molecular weight excluding hydrogens is 250 g/mol. The number of hydrogen-bond acceptors (Lipinski definition) is 3. The number of hydrogen-bond donors (Lipinski definition) is 1. The van der Waals surface area contributed by atoms with Crippen LogP contribution in [-0.2, 0) is 13.0 Å². The van der Waals surface area contributed by atoms with Crippen molar-refractivity contribution in [3.05, 3.63) is 64.7 Å². The Hall–Kier alpha value is -2.31. The number of aliphatic hydroxyl groups excluding tert-OH is 1. The lowest BCUT2D eigenvalue weighted by Crippen LogP contribution is -1.97. The maximum absolute atomic E-state index is 9.76. The van der Waals surface area contributed by atoms with Gasteiger partial charge in [0.05, 0.1) is 17.7 Å². The molecule has 0 aliphatic heterocycles. The average Bonchev–Trinajstić information content (AvgIpc) is 2.87. The summed E-state index contributed by atoms with van der Waals surface area (Å²) in [5, 5.41) is 18.5. The lowest BCUT2D eigenvalue weighted by Gasteiger charge is -2.09. The Labute approximate surface area is 118 Å². The van der Waals surface area contributed by atoms with E-state index >= 15 is 0 Å². The molecule has 0 amide bonds. The van der Waals surface area contributed by atoms with Crippen molar-refractivity contribution in [2.75, 3.05) is 0 Å². The second kappa shape index (κ2) is 5.36. The molecule has 3 heteroatoms. The molecule has 0 unspecified atom stereocenters. The zero-order valence-electron chi connectivity index (χ0n) is 11.0. The molecule has 1 aliphatic carbocycles. The fraction of sp³-hybridized carbons (Fsp3) is 0.235. The fourth-order valence-corrected chi connectivity index (χ4v) is 2.50. The van der Waals surface area contributed by atoms with Crippen LogP contribution in [0.5, 0.6) is 5.75 Å². The Bertz CT molecular complexity index is 656. The zero-order valence-corrected chi connectivity index (χ0v) is 11.0. The smallest absolute Gasteiger partial charge is 0.120 e. The van der Waals surface area contributed by atoms with E-state index in [4.69, 9.17) is 10.00 Å². The summed E-state index contributed by atoms with van der Waals surface area (Å²) >= 11 is 0. The second-order valence-corrected chi connectivity index (χ2v) is 5.01. The third-order valence-corrected chi connectivity index (χ3v) is 3.65. The van der Waals surface area contributed by atoms with Gasteiger partial charge in [-0.25, -0.2) is 0 Å². The van der Waals surface area contributed by atoms with Crippen molar-refractivity contribution in [3.8, 4) is 11.8 Å². The van der Waals surface area contributed by atoms with Gasteiger partial charge in [-0.1, -0.05) is 18.2 Å². The van der Waals surface area contributed by atoms with E-state index in [1.807, 2.05) is 30.3 Å². The average molecular weight is 265 g/mol. The lowest BCUT2D eigenvalue weighted by atomic mass is 10.1. The van der Waals surface area contributed by atoms with Gasteiger partial charge in [-0.15, -0.1) is 0 Å². The van der Waals surface area contributed by atoms with Crippen molar-refractivity contribution in [1.29, 1.82) is 5.26 Å². The van der Waals surface area contributed by atoms with Crippen LogP contribution in [0.1, 0.15) is 34.8 Å². The summed E-state index contributed by atoms with van der Waals surface area (Å²) < 4.78 is 5.76. The first kappa shape index (κ1) is 12.7. The molecule has 20 heavy (non-hydrogen) atoms. The highest BCUT2D eigenvalue weighted by Crippen LogP contribution is 2.33. The van der Waals surface area contributed by atoms with Gasteiger partial charge in [-0.05, 0) is 53.8 Å². The molecule has 3 rings (SSSR count). The molecule has 0 fully saturated rings. The molecule has 3 nitrogen and oxygen atoms in total. The molecule has 0 aromatic heterocycles. The molecule has 0 saturated carbocycles. The van der Waals surface area contributed by atoms with E-state index in [2.05, 4.69) is 6.07 Å². The highest BCUT2D eigenvalue weighted by molar-refractivity contribution is 5.40. The minimum atomic E-state index is -0.322. The van der Waals surface area contributed by atoms with Crippen LogP contribution in [-0.4, -0.2) is 5.11 Å². The van der Waals surface area contributed by atoms with Crippen LogP contribution in [0.15, 0.2) is 42.5 Å². The van der Waals surface area contributed by atoms with Gasteiger partial charge >= 0.3 is 0 Å². The number of aryl methyl sites for hydroxylation is 1. The number of nitriles is 1. The number of nitrogens with zero attached hydrogens (tertiary/aromatic N) is 1. The number of benzene rings is 2. The Morgan fingerprint density at radius 2 is 2.00 bits per heavy atom. The van der Waals surface area contributed by atoms with Crippen LogP contribution in [0, 0.1) is 11.3 Å². The predicted molar refractivity (Wildman–Crippen MR) is 75.2 cm³/mol. The molecule has 2 aromatic rings. The van der Waals surface area contributed by atoms with Gasteiger partial charge in [0.2, 0.25) is 0 Å². The number of ether oxygens (including phenoxy) is 1. The summed E-state index contributed by atoms with van der Waals surface area (Å²) in [5.41, 5.74) is 3.88. The molecule has 1 atom stereocenters. The third kappa shape index (κ3) is 2.52. The van der Waals surface area contributed by atoms with Crippen LogP contribution in [0.4, 0.5) is 0 Å². The summed E-state index contributed by atoms with van der Waals surface area (Å²) in [6, 6.07) is 15.3. The monoisotopic (exact) mass is 265 g/mol. The molecule has 1 aliphatic rings. The lowest BCUT2D eigenvalue weighted by molar-refractivity contribution is 0.180. The van der Waals surface area contributed by atoms with E-state index in [0.29, 0.717) is 12.2 Å². The number of fused-ring (bicyclic) bond motifs is 1. The van der Waals surface area contributed by atoms with Gasteiger partial charge in [-0.2, -0.15) is 5.26 Å². The van der Waals surface area contributed by atoms with E-state index in [1.54, 1.807) is 12.1 Å².